The van der Waals surface area contributed by atoms with Crippen LogP contribution in [0.3, 0.4) is 0 Å². The summed E-state index contributed by atoms with van der Waals surface area (Å²) in [5.41, 5.74) is 0. The second-order valence-electron chi connectivity index (χ2n) is 3.80. The van der Waals surface area contributed by atoms with Gasteiger partial charge in [-0.1, -0.05) is 0 Å². The van der Waals surface area contributed by atoms with Gasteiger partial charge in [-0.2, -0.15) is 8.42 Å². The number of fused-ring (bicyclic) bond motifs is 2. The van der Waals surface area contributed by atoms with Crippen LogP contribution >= 0.6 is 0 Å². The predicted octanol–water partition coefficient (Wildman–Crippen LogP) is -2.49. The van der Waals surface area contributed by atoms with E-state index in [1.165, 1.54) is 6.42 Å². The molecule has 0 radical (unpaired) electrons. The molecule has 0 aromatic carbocycles. The van der Waals surface area contributed by atoms with Crippen LogP contribution in [0.5, 0.6) is 0 Å². The van der Waals surface area contributed by atoms with Gasteiger partial charge < -0.3 is 1.43 Å². The monoisotopic (exact) mass is 215 g/mol. The molecule has 3 atom stereocenters. The van der Waals surface area contributed by atoms with E-state index in [2.05, 4.69) is 0 Å². The van der Waals surface area contributed by atoms with Crippen molar-refractivity contribution >= 4 is 10.3 Å². The summed E-state index contributed by atoms with van der Waals surface area (Å²) in [7, 11) is -3.73. The van der Waals surface area contributed by atoms with Crippen LogP contribution in [-0.4, -0.2) is 14.5 Å². The fourth-order valence-electron chi connectivity index (χ4n) is 2.48. The minimum Gasteiger partial charge on any atom is -1.00 e. The Morgan fingerprint density at radius 3 is 2.38 bits per heavy atom. The summed E-state index contributed by atoms with van der Waals surface area (Å²) in [5, 5.41) is 4.80. The smallest absolute Gasteiger partial charge is 1.00 e. The van der Waals surface area contributed by atoms with Gasteiger partial charge in [0, 0.05) is 0 Å². The maximum atomic E-state index is 10.6. The van der Waals surface area contributed by atoms with E-state index in [1.807, 2.05) is 0 Å². The van der Waals surface area contributed by atoms with Gasteiger partial charge in [0.05, 0.1) is 6.10 Å². The van der Waals surface area contributed by atoms with Gasteiger partial charge in [0.15, 0.2) is 0 Å². The third kappa shape index (κ3) is 2.91. The fourth-order valence-corrected chi connectivity index (χ4v) is 3.06. The van der Waals surface area contributed by atoms with E-state index in [4.69, 9.17) is 9.32 Å². The molecule has 0 aromatic heterocycles. The average Bonchev–Trinajstić information content (AvgIpc) is 2.42. The molecular formula is C7H14NNaO3S. The molecule has 0 spiro atoms. The van der Waals surface area contributed by atoms with Crippen LogP contribution in [0.2, 0.25) is 0 Å². The SMILES string of the molecule is NS(=O)(=O)OC1CC2CCC1C2.[H-].[Na+]. The largest absolute Gasteiger partial charge is 1.00 e. The van der Waals surface area contributed by atoms with Gasteiger partial charge in [-0.05, 0) is 37.5 Å². The molecule has 0 amide bonds. The normalized spacial score (nSPS) is 37.5. The Morgan fingerprint density at radius 2 is 2.00 bits per heavy atom. The first kappa shape index (κ1) is 11.9. The molecule has 0 aromatic rings. The van der Waals surface area contributed by atoms with Gasteiger partial charge in [-0.15, -0.1) is 0 Å². The second kappa shape index (κ2) is 4.16. The predicted molar refractivity (Wildman–Crippen MR) is 44.5 cm³/mol. The van der Waals surface area contributed by atoms with Crippen molar-refractivity contribution < 1.29 is 43.6 Å². The van der Waals surface area contributed by atoms with Crippen molar-refractivity contribution in [3.63, 3.8) is 0 Å². The quantitative estimate of drug-likeness (QED) is 0.518. The molecule has 2 bridgehead atoms. The molecule has 2 aliphatic rings. The minimum atomic E-state index is -3.73. The van der Waals surface area contributed by atoms with Crippen LogP contribution in [0.25, 0.3) is 0 Å². The zero-order valence-electron chi connectivity index (χ0n) is 8.77. The van der Waals surface area contributed by atoms with Crippen LogP contribution in [0.4, 0.5) is 0 Å². The number of rotatable bonds is 2. The van der Waals surface area contributed by atoms with Gasteiger partial charge in [0.2, 0.25) is 0 Å². The zero-order valence-corrected chi connectivity index (χ0v) is 10.6. The molecule has 2 rings (SSSR count). The Labute approximate surface area is 102 Å². The van der Waals surface area contributed by atoms with E-state index in [9.17, 15) is 8.42 Å². The summed E-state index contributed by atoms with van der Waals surface area (Å²) < 4.78 is 26.0. The van der Waals surface area contributed by atoms with Crippen molar-refractivity contribution in [2.75, 3.05) is 0 Å². The molecule has 2 saturated carbocycles. The number of hydrogen-bond donors (Lipinski definition) is 1. The Morgan fingerprint density at radius 1 is 1.31 bits per heavy atom. The van der Waals surface area contributed by atoms with Gasteiger partial charge >= 0.3 is 39.9 Å². The molecule has 0 heterocycles. The van der Waals surface area contributed by atoms with Gasteiger partial charge in [0.25, 0.3) is 0 Å². The van der Waals surface area contributed by atoms with E-state index in [-0.39, 0.29) is 37.1 Å². The van der Waals surface area contributed by atoms with E-state index >= 15 is 0 Å². The number of nitrogens with two attached hydrogens (primary N) is 1. The molecule has 6 heteroatoms. The van der Waals surface area contributed by atoms with Crippen molar-refractivity contribution in [3.05, 3.63) is 0 Å². The van der Waals surface area contributed by atoms with Crippen LogP contribution in [0, 0.1) is 11.8 Å². The number of hydrogen-bond acceptors (Lipinski definition) is 3. The van der Waals surface area contributed by atoms with Crippen molar-refractivity contribution in [3.8, 4) is 0 Å². The van der Waals surface area contributed by atoms with E-state index in [1.54, 1.807) is 0 Å². The standard InChI is InChI=1S/C7H13NO3S.Na.H/c8-12(9,10)11-7-4-5-1-2-6(7)3-5;;/h5-7H,1-4H2,(H2,8,9,10);;/q;+1;-1. The molecular weight excluding hydrogens is 201 g/mol. The Bertz CT molecular complexity index is 285. The molecule has 3 unspecified atom stereocenters. The molecule has 4 nitrogen and oxygen atoms in total. The summed E-state index contributed by atoms with van der Waals surface area (Å²) in [6.45, 7) is 0. The topological polar surface area (TPSA) is 69.4 Å². The van der Waals surface area contributed by atoms with Crippen molar-refractivity contribution in [2.24, 2.45) is 17.0 Å². The molecule has 2 fully saturated rings. The van der Waals surface area contributed by atoms with Gasteiger partial charge in [0.1, 0.15) is 0 Å². The second-order valence-corrected chi connectivity index (χ2v) is 4.98. The van der Waals surface area contributed by atoms with E-state index in [0.29, 0.717) is 11.8 Å². The first-order valence-corrected chi connectivity index (χ1v) is 5.73. The van der Waals surface area contributed by atoms with Crippen LogP contribution < -0.4 is 34.7 Å². The van der Waals surface area contributed by atoms with Crippen molar-refractivity contribution in [1.82, 2.24) is 0 Å². The summed E-state index contributed by atoms with van der Waals surface area (Å²) in [6.07, 6.45) is 4.21. The van der Waals surface area contributed by atoms with E-state index < -0.39 is 10.3 Å². The van der Waals surface area contributed by atoms with E-state index in [0.717, 1.165) is 19.3 Å². The fraction of sp³-hybridized carbons (Fsp3) is 1.00. The molecule has 0 aliphatic heterocycles. The summed E-state index contributed by atoms with van der Waals surface area (Å²) >= 11 is 0. The van der Waals surface area contributed by atoms with Crippen LogP contribution in [0.1, 0.15) is 27.1 Å². The molecule has 2 aliphatic carbocycles. The molecule has 72 valence electrons. The maximum absolute atomic E-state index is 10.6. The Hall–Kier alpha value is 0.870. The zero-order chi connectivity index (χ0) is 8.77. The molecule has 2 N–H and O–H groups in total. The summed E-state index contributed by atoms with van der Waals surface area (Å²) in [4.78, 5) is 0. The summed E-state index contributed by atoms with van der Waals surface area (Å²) in [5.74, 6) is 1.12. The maximum Gasteiger partial charge on any atom is 1.00 e. The van der Waals surface area contributed by atoms with Crippen molar-refractivity contribution in [1.29, 1.82) is 0 Å². The Balaban J connectivity index is 0.000000845. The summed E-state index contributed by atoms with van der Waals surface area (Å²) in [6, 6.07) is 0. The average molecular weight is 215 g/mol. The first-order valence-electron chi connectivity index (χ1n) is 4.25. The first-order chi connectivity index (χ1) is 5.54. The van der Waals surface area contributed by atoms with Gasteiger partial charge in [-0.3, -0.25) is 4.18 Å². The van der Waals surface area contributed by atoms with Crippen LogP contribution in [0.15, 0.2) is 0 Å². The Kier molecular flexibility index (Phi) is 3.82. The van der Waals surface area contributed by atoms with Crippen LogP contribution in [-0.2, 0) is 14.5 Å². The molecule has 0 saturated heterocycles. The third-order valence-corrected chi connectivity index (χ3v) is 3.45. The minimum absolute atomic E-state index is 0. The van der Waals surface area contributed by atoms with Crippen molar-refractivity contribution in [2.45, 2.75) is 31.8 Å². The van der Waals surface area contributed by atoms with Gasteiger partial charge in [-0.25, -0.2) is 5.14 Å². The third-order valence-electron chi connectivity index (χ3n) is 2.93. The molecule has 13 heavy (non-hydrogen) atoms.